The fraction of sp³-hybridized carbons (Fsp3) is 0.133. The highest BCUT2D eigenvalue weighted by atomic mass is 32.2. The van der Waals surface area contributed by atoms with Crippen LogP contribution in [-0.2, 0) is 10.0 Å². The maximum Gasteiger partial charge on any atom is 0.261 e. The highest BCUT2D eigenvalue weighted by Crippen LogP contribution is 2.21. The zero-order chi connectivity index (χ0) is 15.6. The van der Waals surface area contributed by atoms with Crippen molar-refractivity contribution in [1.82, 2.24) is 0 Å². The van der Waals surface area contributed by atoms with E-state index in [1.807, 2.05) is 13.8 Å². The first-order valence-corrected chi connectivity index (χ1v) is 8.19. The van der Waals surface area contributed by atoms with Crippen molar-refractivity contribution < 1.29 is 8.42 Å². The Hall–Kier alpha value is -1.92. The Morgan fingerprint density at radius 1 is 1.10 bits per heavy atom. The van der Waals surface area contributed by atoms with Crippen molar-refractivity contribution in [3.05, 3.63) is 59.2 Å². The number of aryl methyl sites for hydroxylation is 2. The minimum Gasteiger partial charge on any atom is -0.389 e. The van der Waals surface area contributed by atoms with E-state index in [-0.39, 0.29) is 9.88 Å². The maximum absolute atomic E-state index is 12.4. The molecule has 110 valence electrons. The normalized spacial score (nSPS) is 11.1. The molecule has 21 heavy (non-hydrogen) atoms. The number of hydrogen-bond acceptors (Lipinski definition) is 3. The van der Waals surface area contributed by atoms with E-state index in [1.165, 1.54) is 0 Å². The summed E-state index contributed by atoms with van der Waals surface area (Å²) >= 11 is 4.94. The second-order valence-electron chi connectivity index (χ2n) is 4.76. The molecule has 0 aliphatic carbocycles. The minimum atomic E-state index is -3.67. The third-order valence-corrected chi connectivity index (χ3v) is 4.81. The summed E-state index contributed by atoms with van der Waals surface area (Å²) in [6.07, 6.45) is 0. The van der Waals surface area contributed by atoms with E-state index in [1.54, 1.807) is 42.5 Å². The molecule has 0 aromatic heterocycles. The smallest absolute Gasteiger partial charge is 0.261 e. The Kier molecular flexibility index (Phi) is 4.29. The molecule has 0 spiro atoms. The average Bonchev–Trinajstić information content (AvgIpc) is 2.41. The molecule has 2 rings (SSSR count). The van der Waals surface area contributed by atoms with Gasteiger partial charge in [-0.25, -0.2) is 8.42 Å². The fourth-order valence-electron chi connectivity index (χ4n) is 1.87. The van der Waals surface area contributed by atoms with Gasteiger partial charge in [-0.3, -0.25) is 4.72 Å². The number of anilines is 1. The van der Waals surface area contributed by atoms with Crippen molar-refractivity contribution in [2.75, 3.05) is 4.72 Å². The van der Waals surface area contributed by atoms with Gasteiger partial charge in [0.1, 0.15) is 4.99 Å². The second-order valence-corrected chi connectivity index (χ2v) is 6.88. The Morgan fingerprint density at radius 3 is 2.38 bits per heavy atom. The lowest BCUT2D eigenvalue weighted by atomic mass is 10.1. The van der Waals surface area contributed by atoms with Gasteiger partial charge in [0.05, 0.1) is 10.6 Å². The summed E-state index contributed by atoms with van der Waals surface area (Å²) < 4.78 is 27.4. The van der Waals surface area contributed by atoms with E-state index in [2.05, 4.69) is 4.72 Å². The number of sulfonamides is 1. The molecule has 2 aromatic rings. The molecule has 0 heterocycles. The Bertz CT molecular complexity index is 799. The maximum atomic E-state index is 12.4. The van der Waals surface area contributed by atoms with E-state index < -0.39 is 10.0 Å². The van der Waals surface area contributed by atoms with Crippen LogP contribution in [-0.4, -0.2) is 13.4 Å². The summed E-state index contributed by atoms with van der Waals surface area (Å²) in [5, 5.41) is 0. The zero-order valence-electron chi connectivity index (χ0n) is 11.8. The zero-order valence-corrected chi connectivity index (χ0v) is 13.4. The first kappa shape index (κ1) is 15.5. The van der Waals surface area contributed by atoms with E-state index in [9.17, 15) is 8.42 Å². The first-order chi connectivity index (χ1) is 9.81. The molecule has 0 aliphatic rings. The number of benzene rings is 2. The minimum absolute atomic E-state index is 0.147. The number of thiocarbonyl (C=S) groups is 1. The molecule has 4 nitrogen and oxygen atoms in total. The molecule has 0 amide bonds. The van der Waals surface area contributed by atoms with E-state index >= 15 is 0 Å². The number of nitrogens with two attached hydrogens (primary N) is 1. The Labute approximate surface area is 130 Å². The van der Waals surface area contributed by atoms with Gasteiger partial charge in [-0.15, -0.1) is 0 Å². The van der Waals surface area contributed by atoms with Gasteiger partial charge in [-0.2, -0.15) is 0 Å². The summed E-state index contributed by atoms with van der Waals surface area (Å²) in [6, 6.07) is 11.8. The van der Waals surface area contributed by atoms with Crippen LogP contribution in [0.2, 0.25) is 0 Å². The van der Waals surface area contributed by atoms with E-state index in [0.717, 1.165) is 11.1 Å². The summed E-state index contributed by atoms with van der Waals surface area (Å²) in [4.78, 5) is 0.358. The van der Waals surface area contributed by atoms with Crippen molar-refractivity contribution in [3.8, 4) is 0 Å². The molecule has 0 aliphatic heterocycles. The molecule has 2 aromatic carbocycles. The lowest BCUT2D eigenvalue weighted by Crippen LogP contribution is -2.18. The third kappa shape index (κ3) is 3.40. The fourth-order valence-corrected chi connectivity index (χ4v) is 3.21. The van der Waals surface area contributed by atoms with Gasteiger partial charge in [0, 0.05) is 5.56 Å². The number of para-hydroxylation sites is 1. The van der Waals surface area contributed by atoms with Crippen LogP contribution in [0, 0.1) is 13.8 Å². The molecule has 0 saturated heterocycles. The number of nitrogens with one attached hydrogen (secondary N) is 1. The lowest BCUT2D eigenvalue weighted by Gasteiger charge is -2.12. The largest absolute Gasteiger partial charge is 0.389 e. The SMILES string of the molecule is Cc1ccc(S(=O)(=O)Nc2ccccc2C(N)=S)cc1C. The Balaban J connectivity index is 2.42. The van der Waals surface area contributed by atoms with Gasteiger partial charge < -0.3 is 5.73 Å². The van der Waals surface area contributed by atoms with Gasteiger partial charge >= 0.3 is 0 Å². The van der Waals surface area contributed by atoms with Crippen LogP contribution in [0.25, 0.3) is 0 Å². The van der Waals surface area contributed by atoms with Crippen LogP contribution in [0.1, 0.15) is 16.7 Å². The average molecular weight is 320 g/mol. The van der Waals surface area contributed by atoms with Crippen molar-refractivity contribution in [1.29, 1.82) is 0 Å². The van der Waals surface area contributed by atoms with Crippen molar-refractivity contribution in [3.63, 3.8) is 0 Å². The first-order valence-electron chi connectivity index (χ1n) is 6.30. The molecule has 3 N–H and O–H groups in total. The van der Waals surface area contributed by atoms with Crippen LogP contribution in [0.3, 0.4) is 0 Å². The topological polar surface area (TPSA) is 72.2 Å². The molecule has 0 unspecified atom stereocenters. The predicted molar refractivity (Wildman–Crippen MR) is 89.1 cm³/mol. The number of rotatable bonds is 4. The highest BCUT2D eigenvalue weighted by Gasteiger charge is 2.17. The van der Waals surface area contributed by atoms with Gasteiger partial charge in [0.2, 0.25) is 0 Å². The molecular formula is C15H16N2O2S2. The number of hydrogen-bond donors (Lipinski definition) is 2. The van der Waals surface area contributed by atoms with Crippen molar-refractivity contribution in [2.45, 2.75) is 18.7 Å². The molecule has 0 radical (unpaired) electrons. The van der Waals surface area contributed by atoms with Crippen LogP contribution in [0.4, 0.5) is 5.69 Å². The molecule has 0 bridgehead atoms. The molecular weight excluding hydrogens is 304 g/mol. The standard InChI is InChI=1S/C15H16N2O2S2/c1-10-7-8-12(9-11(10)2)21(18,19)17-14-6-4-3-5-13(14)15(16)20/h3-9,17H,1-2H3,(H2,16,20). The lowest BCUT2D eigenvalue weighted by molar-refractivity contribution is 0.601. The van der Waals surface area contributed by atoms with Crippen LogP contribution in [0.15, 0.2) is 47.4 Å². The predicted octanol–water partition coefficient (Wildman–Crippen LogP) is 2.74. The van der Waals surface area contributed by atoms with Gasteiger partial charge in [0.15, 0.2) is 0 Å². The Morgan fingerprint density at radius 2 is 1.76 bits per heavy atom. The second kappa shape index (κ2) is 5.83. The van der Waals surface area contributed by atoms with Crippen LogP contribution >= 0.6 is 12.2 Å². The van der Waals surface area contributed by atoms with E-state index in [4.69, 9.17) is 18.0 Å². The van der Waals surface area contributed by atoms with Crippen LogP contribution in [0.5, 0.6) is 0 Å². The molecule has 6 heteroatoms. The quantitative estimate of drug-likeness (QED) is 0.850. The molecule has 0 saturated carbocycles. The summed E-state index contributed by atoms with van der Waals surface area (Å²) in [5.41, 5.74) is 8.45. The highest BCUT2D eigenvalue weighted by molar-refractivity contribution is 7.92. The van der Waals surface area contributed by atoms with Crippen molar-refractivity contribution in [2.24, 2.45) is 5.73 Å². The molecule has 0 atom stereocenters. The summed E-state index contributed by atoms with van der Waals surface area (Å²) in [5.74, 6) is 0. The monoisotopic (exact) mass is 320 g/mol. The van der Waals surface area contributed by atoms with Gasteiger partial charge in [0.25, 0.3) is 10.0 Å². The van der Waals surface area contributed by atoms with Crippen molar-refractivity contribution >= 4 is 32.9 Å². The van der Waals surface area contributed by atoms with Crippen LogP contribution < -0.4 is 10.5 Å². The summed E-state index contributed by atoms with van der Waals surface area (Å²) in [7, 11) is -3.67. The van der Waals surface area contributed by atoms with E-state index in [0.29, 0.717) is 11.3 Å². The summed E-state index contributed by atoms with van der Waals surface area (Å²) in [6.45, 7) is 3.80. The molecule has 0 fully saturated rings. The third-order valence-electron chi connectivity index (χ3n) is 3.23. The van der Waals surface area contributed by atoms with Gasteiger partial charge in [-0.1, -0.05) is 30.4 Å². The van der Waals surface area contributed by atoms with Gasteiger partial charge in [-0.05, 0) is 49.2 Å².